The Labute approximate surface area is 140 Å². The number of benzene rings is 1. The number of carbonyl (C=O) groups is 1. The van der Waals surface area contributed by atoms with Crippen molar-refractivity contribution in [3.05, 3.63) is 58.1 Å². The molecular formula is C17H14BrFN2O2. The van der Waals surface area contributed by atoms with E-state index in [9.17, 15) is 14.3 Å². The molecule has 0 unspecified atom stereocenters. The molecule has 0 fully saturated rings. The first kappa shape index (κ1) is 15.7. The first-order valence-electron chi connectivity index (χ1n) is 7.10. The standard InChI is InChI=1S/C17H14BrFN2O2/c1-9(2)16-15(17(22)23)14(10-3-5-11(19)6-4-10)12-7-8-13(18)21(12)20-16/h3-9H,1-2H3,(H,22,23). The highest BCUT2D eigenvalue weighted by Crippen LogP contribution is 2.34. The minimum absolute atomic E-state index is 0.0704. The van der Waals surface area contributed by atoms with E-state index < -0.39 is 5.97 Å². The quantitative estimate of drug-likeness (QED) is 0.718. The number of fused-ring (bicyclic) bond motifs is 1. The Morgan fingerprint density at radius 1 is 1.22 bits per heavy atom. The minimum atomic E-state index is -1.04. The van der Waals surface area contributed by atoms with E-state index in [0.29, 0.717) is 22.3 Å². The molecule has 0 aliphatic heterocycles. The van der Waals surface area contributed by atoms with E-state index in [1.54, 1.807) is 22.7 Å². The van der Waals surface area contributed by atoms with Gasteiger partial charge in [0.2, 0.25) is 0 Å². The third-order valence-corrected chi connectivity index (χ3v) is 4.27. The summed E-state index contributed by atoms with van der Waals surface area (Å²) in [5.74, 6) is -1.48. The van der Waals surface area contributed by atoms with E-state index >= 15 is 0 Å². The van der Waals surface area contributed by atoms with E-state index in [4.69, 9.17) is 0 Å². The van der Waals surface area contributed by atoms with Gasteiger partial charge in [0, 0.05) is 5.56 Å². The predicted molar refractivity (Wildman–Crippen MR) is 89.3 cm³/mol. The molecule has 2 heterocycles. The lowest BCUT2D eigenvalue weighted by atomic mass is 9.94. The molecule has 23 heavy (non-hydrogen) atoms. The number of hydrogen-bond donors (Lipinski definition) is 1. The molecule has 0 aliphatic rings. The predicted octanol–water partition coefficient (Wildman–Crippen LogP) is 4.72. The van der Waals surface area contributed by atoms with Gasteiger partial charge in [-0.05, 0) is 51.7 Å². The smallest absolute Gasteiger partial charge is 0.338 e. The van der Waals surface area contributed by atoms with Gasteiger partial charge >= 0.3 is 5.97 Å². The Hall–Kier alpha value is -2.21. The number of nitrogens with zero attached hydrogens (tertiary/aromatic N) is 2. The van der Waals surface area contributed by atoms with Crippen molar-refractivity contribution in [2.24, 2.45) is 0 Å². The molecule has 0 amide bonds. The van der Waals surface area contributed by atoms with Crippen molar-refractivity contribution in [3.63, 3.8) is 0 Å². The molecule has 4 nitrogen and oxygen atoms in total. The maximum Gasteiger partial charge on any atom is 0.338 e. The fraction of sp³-hybridized carbons (Fsp3) is 0.176. The normalized spacial score (nSPS) is 11.3. The summed E-state index contributed by atoms with van der Waals surface area (Å²) in [7, 11) is 0. The molecule has 0 saturated carbocycles. The number of hydrogen-bond acceptors (Lipinski definition) is 2. The SMILES string of the molecule is CC(C)c1nn2c(Br)ccc2c(-c2ccc(F)cc2)c1C(=O)O. The molecular weight excluding hydrogens is 363 g/mol. The van der Waals surface area contributed by atoms with Gasteiger partial charge in [-0.2, -0.15) is 5.10 Å². The van der Waals surface area contributed by atoms with Gasteiger partial charge in [0.15, 0.2) is 0 Å². The third kappa shape index (κ3) is 2.63. The van der Waals surface area contributed by atoms with Crippen molar-refractivity contribution in [3.8, 4) is 11.1 Å². The van der Waals surface area contributed by atoms with Gasteiger partial charge in [-0.1, -0.05) is 26.0 Å². The molecule has 0 aliphatic carbocycles. The maximum absolute atomic E-state index is 13.2. The minimum Gasteiger partial charge on any atom is -0.478 e. The van der Waals surface area contributed by atoms with Gasteiger partial charge in [-0.3, -0.25) is 0 Å². The molecule has 2 aromatic heterocycles. The Kier molecular flexibility index (Phi) is 3.93. The van der Waals surface area contributed by atoms with Gasteiger partial charge in [0.25, 0.3) is 0 Å². The van der Waals surface area contributed by atoms with Crippen LogP contribution in [0.15, 0.2) is 41.0 Å². The summed E-state index contributed by atoms with van der Waals surface area (Å²) in [4.78, 5) is 11.9. The number of halogens is 2. The van der Waals surface area contributed by atoms with Crippen LogP contribution in [0.4, 0.5) is 4.39 Å². The highest BCUT2D eigenvalue weighted by Gasteiger charge is 2.24. The topological polar surface area (TPSA) is 54.6 Å². The van der Waals surface area contributed by atoms with Crippen LogP contribution in [-0.2, 0) is 0 Å². The van der Waals surface area contributed by atoms with Crippen LogP contribution in [0.3, 0.4) is 0 Å². The van der Waals surface area contributed by atoms with Gasteiger partial charge in [-0.15, -0.1) is 0 Å². The van der Waals surface area contributed by atoms with E-state index in [-0.39, 0.29) is 17.3 Å². The van der Waals surface area contributed by atoms with Crippen LogP contribution in [0.1, 0.15) is 35.8 Å². The number of rotatable bonds is 3. The monoisotopic (exact) mass is 376 g/mol. The van der Waals surface area contributed by atoms with Gasteiger partial charge in [0.1, 0.15) is 10.4 Å². The maximum atomic E-state index is 13.2. The number of aromatic nitrogens is 2. The summed E-state index contributed by atoms with van der Waals surface area (Å²) >= 11 is 3.42. The Balaban J connectivity index is 2.47. The van der Waals surface area contributed by atoms with Crippen molar-refractivity contribution in [1.82, 2.24) is 9.61 Å². The van der Waals surface area contributed by atoms with Crippen molar-refractivity contribution in [2.45, 2.75) is 19.8 Å². The first-order chi connectivity index (χ1) is 10.9. The van der Waals surface area contributed by atoms with E-state index in [2.05, 4.69) is 21.0 Å². The summed E-state index contributed by atoms with van der Waals surface area (Å²) in [6.45, 7) is 3.79. The lowest BCUT2D eigenvalue weighted by Crippen LogP contribution is -2.13. The molecule has 1 aromatic carbocycles. The molecule has 118 valence electrons. The summed E-state index contributed by atoms with van der Waals surface area (Å²) in [6.07, 6.45) is 0. The molecule has 0 radical (unpaired) electrons. The lowest BCUT2D eigenvalue weighted by Gasteiger charge is -2.16. The first-order valence-corrected chi connectivity index (χ1v) is 7.89. The number of aromatic carboxylic acids is 1. The number of carboxylic acids is 1. The van der Waals surface area contributed by atoms with E-state index in [1.165, 1.54) is 12.1 Å². The molecule has 0 saturated heterocycles. The average Bonchev–Trinajstić information content (AvgIpc) is 2.87. The van der Waals surface area contributed by atoms with Crippen LogP contribution >= 0.6 is 15.9 Å². The van der Waals surface area contributed by atoms with Crippen molar-refractivity contribution in [2.75, 3.05) is 0 Å². The van der Waals surface area contributed by atoms with Gasteiger partial charge < -0.3 is 5.11 Å². The highest BCUT2D eigenvalue weighted by atomic mass is 79.9. The van der Waals surface area contributed by atoms with Crippen molar-refractivity contribution < 1.29 is 14.3 Å². The molecule has 1 N–H and O–H groups in total. The highest BCUT2D eigenvalue weighted by molar-refractivity contribution is 9.10. The zero-order valence-electron chi connectivity index (χ0n) is 12.5. The second-order valence-corrected chi connectivity index (χ2v) is 6.37. The van der Waals surface area contributed by atoms with Gasteiger partial charge in [-0.25, -0.2) is 13.7 Å². The van der Waals surface area contributed by atoms with Crippen LogP contribution in [0.5, 0.6) is 0 Å². The third-order valence-electron chi connectivity index (χ3n) is 3.67. The largest absolute Gasteiger partial charge is 0.478 e. The van der Waals surface area contributed by atoms with E-state index in [1.807, 2.05) is 19.9 Å². The van der Waals surface area contributed by atoms with Crippen LogP contribution in [-0.4, -0.2) is 20.7 Å². The second kappa shape index (κ2) is 5.77. The second-order valence-electron chi connectivity index (χ2n) is 5.56. The fourth-order valence-electron chi connectivity index (χ4n) is 2.64. The zero-order valence-corrected chi connectivity index (χ0v) is 14.1. The molecule has 0 atom stereocenters. The number of carboxylic acid groups (broad SMARTS) is 1. The summed E-state index contributed by atoms with van der Waals surface area (Å²) < 4.78 is 15.6. The molecule has 0 bridgehead atoms. The fourth-order valence-corrected chi connectivity index (χ4v) is 3.04. The molecule has 6 heteroatoms. The van der Waals surface area contributed by atoms with Crippen LogP contribution in [0.2, 0.25) is 0 Å². The lowest BCUT2D eigenvalue weighted by molar-refractivity contribution is 0.0695. The zero-order chi connectivity index (χ0) is 16.7. The van der Waals surface area contributed by atoms with Crippen LogP contribution < -0.4 is 0 Å². The summed E-state index contributed by atoms with van der Waals surface area (Å²) in [5.41, 5.74) is 2.49. The van der Waals surface area contributed by atoms with E-state index in [0.717, 1.165) is 4.60 Å². The van der Waals surface area contributed by atoms with Crippen molar-refractivity contribution in [1.29, 1.82) is 0 Å². The van der Waals surface area contributed by atoms with Crippen molar-refractivity contribution >= 4 is 27.4 Å². The molecule has 3 aromatic rings. The molecule has 0 spiro atoms. The van der Waals surface area contributed by atoms with Gasteiger partial charge in [0.05, 0.1) is 16.8 Å². The molecule has 3 rings (SSSR count). The summed E-state index contributed by atoms with van der Waals surface area (Å²) in [5, 5.41) is 14.2. The van der Waals surface area contributed by atoms with Crippen LogP contribution in [0.25, 0.3) is 16.6 Å². The Morgan fingerprint density at radius 2 is 1.87 bits per heavy atom. The van der Waals surface area contributed by atoms with Crippen LogP contribution in [0, 0.1) is 5.82 Å². The summed E-state index contributed by atoms with van der Waals surface area (Å²) in [6, 6.07) is 9.43. The Bertz CT molecular complexity index is 901. The average molecular weight is 377 g/mol. The Morgan fingerprint density at radius 3 is 2.43 bits per heavy atom.